The fourth-order valence-electron chi connectivity index (χ4n) is 2.02. The van der Waals surface area contributed by atoms with Gasteiger partial charge in [-0.1, -0.05) is 43.3 Å². The minimum atomic E-state index is -0.115. The van der Waals surface area contributed by atoms with Gasteiger partial charge >= 0.3 is 5.97 Å². The molecule has 0 aliphatic rings. The average molecular weight is 260 g/mol. The first kappa shape index (κ1) is 15.5. The Morgan fingerprint density at radius 3 is 2.58 bits per heavy atom. The first-order valence-electron chi connectivity index (χ1n) is 6.93. The summed E-state index contributed by atoms with van der Waals surface area (Å²) < 4.78 is 4.97. The van der Waals surface area contributed by atoms with E-state index in [1.807, 2.05) is 19.1 Å². The number of carbonyl (C=O) groups is 1. The topological polar surface area (TPSA) is 26.3 Å². The Kier molecular flexibility index (Phi) is 6.34. The maximum absolute atomic E-state index is 11.4. The predicted molar refractivity (Wildman–Crippen MR) is 78.9 cm³/mol. The van der Waals surface area contributed by atoms with E-state index in [0.717, 1.165) is 19.3 Å². The molecule has 0 aromatic heterocycles. The van der Waals surface area contributed by atoms with Crippen LogP contribution in [0.4, 0.5) is 0 Å². The molecule has 0 bridgehead atoms. The molecule has 0 radical (unpaired) electrons. The van der Waals surface area contributed by atoms with Gasteiger partial charge in [-0.05, 0) is 37.2 Å². The predicted octanol–water partition coefficient (Wildman–Crippen LogP) is 4.15. The zero-order valence-electron chi connectivity index (χ0n) is 12.0. The molecule has 2 nitrogen and oxygen atoms in total. The van der Waals surface area contributed by atoms with E-state index in [4.69, 9.17) is 4.74 Å². The minimum absolute atomic E-state index is 0.0113. The molecule has 0 aliphatic carbocycles. The van der Waals surface area contributed by atoms with Gasteiger partial charge in [-0.2, -0.15) is 0 Å². The molecule has 19 heavy (non-hydrogen) atoms. The summed E-state index contributed by atoms with van der Waals surface area (Å²) in [6.07, 6.45) is 5.23. The molecule has 0 spiro atoms. The van der Waals surface area contributed by atoms with Crippen molar-refractivity contribution in [3.8, 4) is 0 Å². The lowest BCUT2D eigenvalue weighted by Gasteiger charge is -2.25. The molecule has 0 fully saturated rings. The van der Waals surface area contributed by atoms with E-state index in [1.54, 1.807) is 0 Å². The van der Waals surface area contributed by atoms with Crippen LogP contribution < -0.4 is 0 Å². The van der Waals surface area contributed by atoms with Gasteiger partial charge in [0.1, 0.15) is 0 Å². The quantitative estimate of drug-likeness (QED) is 0.518. The standard InChI is InChI=1S/C17H24O2/c1-4-17(3,14-12-16(18)19-5-2)13-11-15-9-7-6-8-10-15/h4,6-10H,1,5,11-14H2,2-3H3. The molecule has 1 aromatic rings. The van der Waals surface area contributed by atoms with Crippen LogP contribution in [-0.2, 0) is 16.0 Å². The van der Waals surface area contributed by atoms with Crippen molar-refractivity contribution in [1.82, 2.24) is 0 Å². The molecular formula is C17H24O2. The fraction of sp³-hybridized carbons (Fsp3) is 0.471. The molecule has 1 aromatic carbocycles. The second kappa shape index (κ2) is 7.78. The van der Waals surface area contributed by atoms with Gasteiger partial charge in [0, 0.05) is 6.42 Å². The highest BCUT2D eigenvalue weighted by molar-refractivity contribution is 5.69. The van der Waals surface area contributed by atoms with Crippen molar-refractivity contribution in [1.29, 1.82) is 0 Å². The summed E-state index contributed by atoms with van der Waals surface area (Å²) in [4.78, 5) is 11.4. The first-order chi connectivity index (χ1) is 9.09. The molecule has 2 heteroatoms. The van der Waals surface area contributed by atoms with Crippen LogP contribution in [-0.4, -0.2) is 12.6 Å². The Hall–Kier alpha value is -1.57. The normalized spacial score (nSPS) is 13.6. The van der Waals surface area contributed by atoms with E-state index in [1.165, 1.54) is 5.56 Å². The Balaban J connectivity index is 2.46. The third-order valence-corrected chi connectivity index (χ3v) is 3.53. The van der Waals surface area contributed by atoms with Crippen LogP contribution in [0.1, 0.15) is 38.7 Å². The van der Waals surface area contributed by atoms with E-state index < -0.39 is 0 Å². The van der Waals surface area contributed by atoms with Crippen molar-refractivity contribution in [3.63, 3.8) is 0 Å². The van der Waals surface area contributed by atoms with Gasteiger partial charge in [0.15, 0.2) is 0 Å². The summed E-state index contributed by atoms with van der Waals surface area (Å²) in [5, 5.41) is 0. The van der Waals surface area contributed by atoms with Gasteiger partial charge in [-0.25, -0.2) is 0 Å². The first-order valence-corrected chi connectivity index (χ1v) is 6.93. The maximum atomic E-state index is 11.4. The van der Waals surface area contributed by atoms with Crippen LogP contribution in [0.15, 0.2) is 43.0 Å². The summed E-state index contributed by atoms with van der Waals surface area (Å²) in [7, 11) is 0. The summed E-state index contributed by atoms with van der Waals surface area (Å²) >= 11 is 0. The molecule has 104 valence electrons. The highest BCUT2D eigenvalue weighted by atomic mass is 16.5. The van der Waals surface area contributed by atoms with E-state index in [2.05, 4.69) is 37.8 Å². The Bertz CT molecular complexity index is 397. The Labute approximate surface area is 116 Å². The highest BCUT2D eigenvalue weighted by Gasteiger charge is 2.21. The SMILES string of the molecule is C=CC(C)(CCC(=O)OCC)CCc1ccccc1. The largest absolute Gasteiger partial charge is 0.466 e. The number of hydrogen-bond acceptors (Lipinski definition) is 2. The van der Waals surface area contributed by atoms with Gasteiger partial charge in [0.05, 0.1) is 6.61 Å². The number of hydrogen-bond donors (Lipinski definition) is 0. The lowest BCUT2D eigenvalue weighted by Crippen LogP contribution is -2.17. The molecule has 0 saturated heterocycles. The summed E-state index contributed by atoms with van der Waals surface area (Å²) in [6.45, 7) is 8.36. The monoisotopic (exact) mass is 260 g/mol. The number of carbonyl (C=O) groups excluding carboxylic acids is 1. The number of esters is 1. The van der Waals surface area contributed by atoms with E-state index >= 15 is 0 Å². The van der Waals surface area contributed by atoms with Gasteiger partial charge < -0.3 is 4.74 Å². The van der Waals surface area contributed by atoms with Crippen molar-refractivity contribution < 1.29 is 9.53 Å². The number of allylic oxidation sites excluding steroid dienone is 1. The second-order valence-electron chi connectivity index (χ2n) is 5.15. The van der Waals surface area contributed by atoms with Crippen LogP contribution in [0.25, 0.3) is 0 Å². The zero-order chi connectivity index (χ0) is 14.1. The molecule has 1 atom stereocenters. The molecule has 0 heterocycles. The molecule has 0 amide bonds. The van der Waals surface area contributed by atoms with Crippen LogP contribution in [0.5, 0.6) is 0 Å². The lowest BCUT2D eigenvalue weighted by molar-refractivity contribution is -0.143. The van der Waals surface area contributed by atoms with Crippen molar-refractivity contribution in [2.45, 2.75) is 39.5 Å². The summed E-state index contributed by atoms with van der Waals surface area (Å²) in [6, 6.07) is 10.4. The number of benzene rings is 1. The minimum Gasteiger partial charge on any atom is -0.466 e. The summed E-state index contributed by atoms with van der Waals surface area (Å²) in [5.74, 6) is -0.115. The molecule has 1 unspecified atom stereocenters. The third kappa shape index (κ3) is 5.73. The third-order valence-electron chi connectivity index (χ3n) is 3.53. The Morgan fingerprint density at radius 2 is 2.00 bits per heavy atom. The highest BCUT2D eigenvalue weighted by Crippen LogP contribution is 2.30. The van der Waals surface area contributed by atoms with E-state index in [-0.39, 0.29) is 11.4 Å². The number of ether oxygens (including phenoxy) is 1. The van der Waals surface area contributed by atoms with Gasteiger partial charge in [0.25, 0.3) is 0 Å². The van der Waals surface area contributed by atoms with Crippen LogP contribution in [0.3, 0.4) is 0 Å². The average Bonchev–Trinajstić information content (AvgIpc) is 2.44. The van der Waals surface area contributed by atoms with Crippen molar-refractivity contribution >= 4 is 5.97 Å². The van der Waals surface area contributed by atoms with Crippen molar-refractivity contribution in [3.05, 3.63) is 48.6 Å². The zero-order valence-corrected chi connectivity index (χ0v) is 12.0. The molecule has 1 rings (SSSR count). The Morgan fingerprint density at radius 1 is 1.32 bits per heavy atom. The van der Waals surface area contributed by atoms with Gasteiger partial charge in [-0.3, -0.25) is 4.79 Å². The van der Waals surface area contributed by atoms with E-state index in [0.29, 0.717) is 13.0 Å². The van der Waals surface area contributed by atoms with Crippen LogP contribution >= 0.6 is 0 Å². The molecule has 0 N–H and O–H groups in total. The van der Waals surface area contributed by atoms with Crippen LogP contribution in [0, 0.1) is 5.41 Å². The van der Waals surface area contributed by atoms with Gasteiger partial charge in [0.2, 0.25) is 0 Å². The second-order valence-corrected chi connectivity index (χ2v) is 5.15. The smallest absolute Gasteiger partial charge is 0.305 e. The van der Waals surface area contributed by atoms with Gasteiger partial charge in [-0.15, -0.1) is 6.58 Å². The van der Waals surface area contributed by atoms with Crippen molar-refractivity contribution in [2.24, 2.45) is 5.41 Å². The van der Waals surface area contributed by atoms with E-state index in [9.17, 15) is 4.79 Å². The number of rotatable bonds is 8. The maximum Gasteiger partial charge on any atom is 0.305 e. The number of aryl methyl sites for hydroxylation is 1. The molecule has 0 aliphatic heterocycles. The van der Waals surface area contributed by atoms with Crippen molar-refractivity contribution in [2.75, 3.05) is 6.61 Å². The van der Waals surface area contributed by atoms with Crippen LogP contribution in [0.2, 0.25) is 0 Å². The lowest BCUT2D eigenvalue weighted by atomic mass is 9.80. The molecular weight excluding hydrogens is 236 g/mol. The molecule has 0 saturated carbocycles. The summed E-state index contributed by atoms with van der Waals surface area (Å²) in [5.41, 5.74) is 1.31. The fourth-order valence-corrected chi connectivity index (χ4v) is 2.02.